The van der Waals surface area contributed by atoms with E-state index in [1.807, 2.05) is 30.3 Å². The van der Waals surface area contributed by atoms with E-state index >= 15 is 0 Å². The minimum absolute atomic E-state index is 0. The highest BCUT2D eigenvalue weighted by Crippen LogP contribution is 2.42. The summed E-state index contributed by atoms with van der Waals surface area (Å²) in [4.78, 5) is 12.9. The van der Waals surface area contributed by atoms with Gasteiger partial charge >= 0.3 is 5.97 Å². The van der Waals surface area contributed by atoms with Crippen LogP contribution in [-0.2, 0) is 15.1 Å². The maximum Gasteiger partial charge on any atom is 0.343 e. The van der Waals surface area contributed by atoms with Gasteiger partial charge < -0.3 is 26.7 Å². The fraction of sp³-hybridized carbons (Fsp3) is 0.632. The molecule has 1 saturated heterocycles. The number of aliphatic hydroxyl groups is 1. The van der Waals surface area contributed by atoms with Gasteiger partial charge in [0.15, 0.2) is 11.7 Å². The van der Waals surface area contributed by atoms with Crippen molar-refractivity contribution in [2.24, 2.45) is 5.92 Å². The van der Waals surface area contributed by atoms with Gasteiger partial charge in [0.1, 0.15) is 6.54 Å². The number of nitrogens with zero attached hydrogens (tertiary/aromatic N) is 1. The highest BCUT2D eigenvalue weighted by atomic mass is 35.5. The number of rotatable bonds is 4. The van der Waals surface area contributed by atoms with E-state index in [0.717, 1.165) is 49.7 Å². The fourth-order valence-corrected chi connectivity index (χ4v) is 4.12. The molecule has 0 spiro atoms. The molecule has 1 aromatic rings. The summed E-state index contributed by atoms with van der Waals surface area (Å²) < 4.78 is 6.64. The van der Waals surface area contributed by atoms with Gasteiger partial charge in [0.05, 0.1) is 20.6 Å². The maximum atomic E-state index is 12.9. The van der Waals surface area contributed by atoms with Gasteiger partial charge in [0.2, 0.25) is 0 Å². The summed E-state index contributed by atoms with van der Waals surface area (Å²) in [5.74, 6) is -0.496. The SMILES string of the molecule is C[N+]1(C)CC[C@@H](OC(=O)[C@@](O)(c2ccccc2)C2CCCC2)C1.[Cl-]. The molecule has 2 atom stereocenters. The smallest absolute Gasteiger partial charge is 0.343 e. The Morgan fingerprint density at radius 2 is 1.79 bits per heavy atom. The molecule has 24 heavy (non-hydrogen) atoms. The third-order valence-corrected chi connectivity index (χ3v) is 5.50. The first-order valence-electron chi connectivity index (χ1n) is 8.73. The Labute approximate surface area is 150 Å². The number of ether oxygens (including phenoxy) is 1. The van der Waals surface area contributed by atoms with Gasteiger partial charge in [-0.25, -0.2) is 4.79 Å². The average molecular weight is 354 g/mol. The van der Waals surface area contributed by atoms with Crippen LogP contribution in [0.25, 0.3) is 0 Å². The van der Waals surface area contributed by atoms with Crippen LogP contribution in [0.5, 0.6) is 0 Å². The van der Waals surface area contributed by atoms with Crippen molar-refractivity contribution in [2.45, 2.75) is 43.8 Å². The normalized spacial score (nSPS) is 25.7. The molecule has 1 saturated carbocycles. The highest BCUT2D eigenvalue weighted by molar-refractivity contribution is 5.81. The molecule has 1 aromatic carbocycles. The Morgan fingerprint density at radius 1 is 1.17 bits per heavy atom. The van der Waals surface area contributed by atoms with Crippen LogP contribution in [0.4, 0.5) is 0 Å². The number of halogens is 1. The predicted octanol–water partition coefficient (Wildman–Crippen LogP) is -0.540. The first kappa shape index (κ1) is 19.2. The summed E-state index contributed by atoms with van der Waals surface area (Å²) in [6, 6.07) is 9.33. The summed E-state index contributed by atoms with van der Waals surface area (Å²) in [6.45, 7) is 1.83. The zero-order valence-electron chi connectivity index (χ0n) is 14.6. The maximum absolute atomic E-state index is 12.9. The molecular weight excluding hydrogens is 326 g/mol. The zero-order chi connectivity index (χ0) is 16.5. The number of quaternary nitrogens is 1. The average Bonchev–Trinajstić information content (AvgIpc) is 3.17. The lowest BCUT2D eigenvalue weighted by Gasteiger charge is -2.33. The van der Waals surface area contributed by atoms with Crippen molar-refractivity contribution in [1.29, 1.82) is 0 Å². The van der Waals surface area contributed by atoms with Gasteiger partial charge in [0, 0.05) is 12.3 Å². The third-order valence-electron chi connectivity index (χ3n) is 5.50. The van der Waals surface area contributed by atoms with E-state index in [-0.39, 0.29) is 24.4 Å². The predicted molar refractivity (Wildman–Crippen MR) is 88.6 cm³/mol. The highest BCUT2D eigenvalue weighted by Gasteiger charge is 2.49. The minimum Gasteiger partial charge on any atom is -1.00 e. The number of esters is 1. The van der Waals surface area contributed by atoms with Crippen LogP contribution < -0.4 is 12.4 Å². The summed E-state index contributed by atoms with van der Waals surface area (Å²) in [6.07, 6.45) is 4.68. The second-order valence-corrected chi connectivity index (χ2v) is 7.77. The van der Waals surface area contributed by atoms with E-state index in [0.29, 0.717) is 5.56 Å². The zero-order valence-corrected chi connectivity index (χ0v) is 15.3. The van der Waals surface area contributed by atoms with Crippen LogP contribution in [0.15, 0.2) is 30.3 Å². The summed E-state index contributed by atoms with van der Waals surface area (Å²) in [5.41, 5.74) is -0.832. The quantitative estimate of drug-likeness (QED) is 0.584. The van der Waals surface area contributed by atoms with Gasteiger partial charge in [-0.1, -0.05) is 43.2 Å². The summed E-state index contributed by atoms with van der Waals surface area (Å²) >= 11 is 0. The molecule has 0 aromatic heterocycles. The number of carbonyl (C=O) groups is 1. The topological polar surface area (TPSA) is 46.5 Å². The van der Waals surface area contributed by atoms with Crippen LogP contribution in [0.3, 0.4) is 0 Å². The molecule has 2 fully saturated rings. The molecule has 1 N–H and O–H groups in total. The van der Waals surface area contributed by atoms with E-state index in [4.69, 9.17) is 4.74 Å². The van der Waals surface area contributed by atoms with Crippen molar-refractivity contribution in [1.82, 2.24) is 0 Å². The number of likely N-dealkylation sites (N-methyl/N-ethyl adjacent to an activating group) is 1. The largest absolute Gasteiger partial charge is 1.00 e. The Balaban J connectivity index is 0.00000208. The van der Waals surface area contributed by atoms with Gasteiger partial charge in [0.25, 0.3) is 0 Å². The lowest BCUT2D eigenvalue weighted by molar-refractivity contribution is -0.879. The lowest BCUT2D eigenvalue weighted by atomic mass is 9.80. The molecule has 134 valence electrons. The van der Waals surface area contributed by atoms with Gasteiger partial charge in [-0.2, -0.15) is 0 Å². The van der Waals surface area contributed by atoms with Gasteiger partial charge in [-0.05, 0) is 18.4 Å². The van der Waals surface area contributed by atoms with E-state index in [9.17, 15) is 9.90 Å². The number of hydrogen-bond donors (Lipinski definition) is 1. The van der Waals surface area contributed by atoms with Gasteiger partial charge in [-0.15, -0.1) is 0 Å². The fourth-order valence-electron chi connectivity index (χ4n) is 4.12. The number of benzene rings is 1. The Bertz CT molecular complexity index is 557. The summed E-state index contributed by atoms with van der Waals surface area (Å²) in [5, 5.41) is 11.4. The first-order chi connectivity index (χ1) is 10.9. The van der Waals surface area contributed by atoms with E-state index in [1.165, 1.54) is 0 Å². The second-order valence-electron chi connectivity index (χ2n) is 7.77. The minimum atomic E-state index is -1.50. The lowest BCUT2D eigenvalue weighted by Crippen LogP contribution is -3.00. The van der Waals surface area contributed by atoms with E-state index < -0.39 is 11.6 Å². The van der Waals surface area contributed by atoms with Crippen molar-refractivity contribution in [3.63, 3.8) is 0 Å². The molecule has 1 aliphatic heterocycles. The second kappa shape index (κ2) is 7.42. The van der Waals surface area contributed by atoms with Crippen molar-refractivity contribution < 1.29 is 31.5 Å². The van der Waals surface area contributed by atoms with Crippen molar-refractivity contribution in [3.05, 3.63) is 35.9 Å². The Morgan fingerprint density at radius 3 is 2.33 bits per heavy atom. The monoisotopic (exact) mass is 353 g/mol. The van der Waals surface area contributed by atoms with Gasteiger partial charge in [-0.3, -0.25) is 0 Å². The number of carbonyl (C=O) groups excluding carboxylic acids is 1. The molecule has 5 heteroatoms. The number of hydrogen-bond acceptors (Lipinski definition) is 3. The molecule has 0 bridgehead atoms. The standard InChI is InChI=1S/C19H28NO3.ClH/c1-20(2)13-12-17(14-20)23-18(21)19(22,16-10-6-7-11-16)15-8-4-3-5-9-15;/h3-5,8-9,16-17,22H,6-7,10-14H2,1-2H3;1H/q+1;/p-1/t17-,19-;/m1./s1. The molecule has 3 rings (SSSR count). The van der Waals surface area contributed by atoms with Crippen LogP contribution in [0.2, 0.25) is 0 Å². The first-order valence-corrected chi connectivity index (χ1v) is 8.73. The molecule has 0 unspecified atom stereocenters. The molecular formula is C19H28ClNO3. The molecule has 0 amide bonds. The van der Waals surface area contributed by atoms with Crippen LogP contribution in [-0.4, -0.2) is 48.8 Å². The van der Waals surface area contributed by atoms with Crippen molar-refractivity contribution in [3.8, 4) is 0 Å². The molecule has 1 heterocycles. The molecule has 4 nitrogen and oxygen atoms in total. The van der Waals surface area contributed by atoms with Crippen molar-refractivity contribution in [2.75, 3.05) is 27.2 Å². The molecule has 0 radical (unpaired) electrons. The van der Waals surface area contributed by atoms with E-state index in [1.54, 1.807) is 0 Å². The van der Waals surface area contributed by atoms with Crippen LogP contribution >= 0.6 is 0 Å². The van der Waals surface area contributed by atoms with Crippen molar-refractivity contribution >= 4 is 5.97 Å². The molecule has 1 aliphatic carbocycles. The number of likely N-dealkylation sites (tertiary alicyclic amines) is 1. The van der Waals surface area contributed by atoms with Crippen LogP contribution in [0.1, 0.15) is 37.7 Å². The molecule has 2 aliphatic rings. The third kappa shape index (κ3) is 3.76. The van der Waals surface area contributed by atoms with E-state index in [2.05, 4.69) is 14.1 Å². The summed E-state index contributed by atoms with van der Waals surface area (Å²) in [7, 11) is 4.29. The Hall–Kier alpha value is -1.10. The van der Waals surface area contributed by atoms with Crippen LogP contribution in [0, 0.1) is 5.92 Å². The Kier molecular flexibility index (Phi) is 5.95.